The van der Waals surface area contributed by atoms with Gasteiger partial charge in [0, 0.05) is 8.80 Å². The van der Waals surface area contributed by atoms with Crippen molar-refractivity contribution in [2.75, 3.05) is 0 Å². The number of hydrogen-bond donors (Lipinski definition) is 0. The lowest BCUT2D eigenvalue weighted by atomic mass is 10.1. The first-order chi connectivity index (χ1) is 4.86. The smallest absolute Gasteiger partial charge is 0.0428 e. The molecular weight excluding hydrogens is 136 g/mol. The molecule has 0 aliphatic carbocycles. The monoisotopic (exact) mass is 148 g/mol. The Morgan fingerprint density at radius 2 is 1.60 bits per heavy atom. The third-order valence-corrected chi connectivity index (χ3v) is 4.53. The summed E-state index contributed by atoms with van der Waals surface area (Å²) >= 11 is 0. The highest BCUT2D eigenvalue weighted by molar-refractivity contribution is 6.57. The summed E-state index contributed by atoms with van der Waals surface area (Å²) in [5, 5.41) is 0. The van der Waals surface area contributed by atoms with Crippen molar-refractivity contribution in [3.63, 3.8) is 0 Å². The van der Waals surface area contributed by atoms with Crippen LogP contribution in [0.4, 0.5) is 0 Å². The van der Waals surface area contributed by atoms with Gasteiger partial charge in [-0.2, -0.15) is 0 Å². The lowest BCUT2D eigenvalue weighted by molar-refractivity contribution is 1.35. The lowest BCUT2D eigenvalue weighted by Gasteiger charge is -1.93. The van der Waals surface area contributed by atoms with Gasteiger partial charge in [0.15, 0.2) is 0 Å². The Balaban J connectivity index is 2.42. The maximum Gasteiger partial charge on any atom is 0.0428 e. The number of rotatable bonds is 0. The van der Waals surface area contributed by atoms with Gasteiger partial charge in [0.05, 0.1) is 0 Å². The first-order valence-electron chi connectivity index (χ1n) is 3.93. The molecule has 1 aromatic carbocycles. The van der Waals surface area contributed by atoms with Gasteiger partial charge in [-0.3, -0.25) is 0 Å². The minimum atomic E-state index is -0.337. The molecule has 52 valence electrons. The Labute approximate surface area is 63.5 Å². The van der Waals surface area contributed by atoms with E-state index < -0.39 is 0 Å². The van der Waals surface area contributed by atoms with Crippen LogP contribution in [0.2, 0.25) is 6.55 Å². The second-order valence-electron chi connectivity index (χ2n) is 3.28. The van der Waals surface area contributed by atoms with E-state index in [4.69, 9.17) is 0 Å². The zero-order chi connectivity index (χ0) is 6.97. The fourth-order valence-electron chi connectivity index (χ4n) is 1.78. The van der Waals surface area contributed by atoms with E-state index in [1.54, 1.807) is 11.1 Å². The van der Waals surface area contributed by atoms with Gasteiger partial charge in [-0.05, 0) is 23.2 Å². The topological polar surface area (TPSA) is 0 Å². The molecule has 1 heterocycles. The van der Waals surface area contributed by atoms with E-state index in [1.807, 2.05) is 0 Å². The summed E-state index contributed by atoms with van der Waals surface area (Å²) in [6.45, 7) is 2.46. The lowest BCUT2D eigenvalue weighted by Crippen LogP contribution is -2.05. The highest BCUT2D eigenvalue weighted by Crippen LogP contribution is 2.19. The van der Waals surface area contributed by atoms with Crippen LogP contribution in [0.3, 0.4) is 0 Å². The maximum absolute atomic E-state index is 2.46. The zero-order valence-corrected chi connectivity index (χ0v) is 7.46. The van der Waals surface area contributed by atoms with Crippen LogP contribution in [0.25, 0.3) is 0 Å². The summed E-state index contributed by atoms with van der Waals surface area (Å²) in [5.74, 6) is 0. The summed E-state index contributed by atoms with van der Waals surface area (Å²) in [5.41, 5.74) is 3.25. The molecule has 0 aromatic heterocycles. The molecule has 0 N–H and O–H groups in total. The summed E-state index contributed by atoms with van der Waals surface area (Å²) in [4.78, 5) is 0. The average Bonchev–Trinajstić information content (AvgIpc) is 2.27. The van der Waals surface area contributed by atoms with Crippen molar-refractivity contribution >= 4 is 8.80 Å². The van der Waals surface area contributed by atoms with E-state index in [0.717, 1.165) is 0 Å². The predicted octanol–water partition coefficient (Wildman–Crippen LogP) is 1.72. The average molecular weight is 148 g/mol. The van der Waals surface area contributed by atoms with E-state index in [-0.39, 0.29) is 8.80 Å². The van der Waals surface area contributed by atoms with Gasteiger partial charge in [0.1, 0.15) is 0 Å². The summed E-state index contributed by atoms with van der Waals surface area (Å²) < 4.78 is 0. The number of hydrogen-bond acceptors (Lipinski definition) is 0. The Bertz CT molecular complexity index is 217. The standard InChI is InChI=1S/C9H12Si/c1-10-6-8-4-2-3-5-9(8)7-10/h2-5,10H,6-7H2,1H3. The normalized spacial score (nSPS) is 17.3. The molecule has 0 nitrogen and oxygen atoms in total. The molecule has 2 rings (SSSR count). The number of benzene rings is 1. The first kappa shape index (κ1) is 6.17. The van der Waals surface area contributed by atoms with Crippen LogP contribution in [0, 0.1) is 0 Å². The van der Waals surface area contributed by atoms with Crippen LogP contribution in [0.15, 0.2) is 24.3 Å². The summed E-state index contributed by atoms with van der Waals surface area (Å²) in [6, 6.07) is 11.7. The Hall–Kier alpha value is -0.563. The molecule has 0 amide bonds. The molecule has 1 aliphatic rings. The van der Waals surface area contributed by atoms with Crippen LogP contribution >= 0.6 is 0 Å². The van der Waals surface area contributed by atoms with Crippen LogP contribution in [0.1, 0.15) is 11.1 Å². The molecule has 0 atom stereocenters. The summed E-state index contributed by atoms with van der Waals surface area (Å²) in [7, 11) is -0.337. The molecule has 1 heteroatoms. The van der Waals surface area contributed by atoms with Crippen molar-refractivity contribution in [1.29, 1.82) is 0 Å². The SMILES string of the molecule is C[SiH]1Cc2ccccc2C1. The van der Waals surface area contributed by atoms with Crippen LogP contribution in [-0.4, -0.2) is 8.80 Å². The molecule has 1 aromatic rings. The summed E-state index contributed by atoms with van der Waals surface area (Å²) in [6.07, 6.45) is 0. The molecule has 10 heavy (non-hydrogen) atoms. The van der Waals surface area contributed by atoms with Gasteiger partial charge in [-0.25, -0.2) is 0 Å². The molecule has 0 saturated heterocycles. The van der Waals surface area contributed by atoms with Crippen LogP contribution < -0.4 is 0 Å². The third kappa shape index (κ3) is 0.906. The van der Waals surface area contributed by atoms with Gasteiger partial charge in [0.25, 0.3) is 0 Å². The van der Waals surface area contributed by atoms with E-state index in [0.29, 0.717) is 0 Å². The van der Waals surface area contributed by atoms with Crippen molar-refractivity contribution in [3.8, 4) is 0 Å². The highest BCUT2D eigenvalue weighted by Gasteiger charge is 2.16. The highest BCUT2D eigenvalue weighted by atomic mass is 28.3. The second-order valence-corrected chi connectivity index (χ2v) is 6.31. The fraction of sp³-hybridized carbons (Fsp3) is 0.333. The van der Waals surface area contributed by atoms with Crippen molar-refractivity contribution in [3.05, 3.63) is 35.4 Å². The fourth-order valence-corrected chi connectivity index (χ4v) is 4.22. The van der Waals surface area contributed by atoms with Gasteiger partial charge >= 0.3 is 0 Å². The van der Waals surface area contributed by atoms with Crippen LogP contribution in [0.5, 0.6) is 0 Å². The maximum atomic E-state index is 2.46. The van der Waals surface area contributed by atoms with Crippen LogP contribution in [-0.2, 0) is 12.1 Å². The number of fused-ring (bicyclic) bond motifs is 1. The Morgan fingerprint density at radius 3 is 2.10 bits per heavy atom. The van der Waals surface area contributed by atoms with E-state index >= 15 is 0 Å². The molecule has 1 aliphatic heterocycles. The predicted molar refractivity (Wildman–Crippen MR) is 46.9 cm³/mol. The van der Waals surface area contributed by atoms with Gasteiger partial charge < -0.3 is 0 Å². The minimum absolute atomic E-state index is 0.337. The quantitative estimate of drug-likeness (QED) is 0.491. The van der Waals surface area contributed by atoms with Crippen molar-refractivity contribution < 1.29 is 0 Å². The Kier molecular flexibility index (Phi) is 1.38. The molecule has 0 spiro atoms. The van der Waals surface area contributed by atoms with E-state index in [9.17, 15) is 0 Å². The van der Waals surface area contributed by atoms with Gasteiger partial charge in [-0.15, -0.1) is 0 Å². The van der Waals surface area contributed by atoms with Gasteiger partial charge in [0.2, 0.25) is 0 Å². The zero-order valence-electron chi connectivity index (χ0n) is 6.30. The third-order valence-electron chi connectivity index (χ3n) is 2.26. The molecule has 0 fully saturated rings. The van der Waals surface area contributed by atoms with Gasteiger partial charge in [-0.1, -0.05) is 30.8 Å². The van der Waals surface area contributed by atoms with Crippen molar-refractivity contribution in [1.82, 2.24) is 0 Å². The molecule has 0 bridgehead atoms. The molecule has 0 radical (unpaired) electrons. The second kappa shape index (κ2) is 2.24. The van der Waals surface area contributed by atoms with Crippen molar-refractivity contribution in [2.45, 2.75) is 18.6 Å². The molecule has 0 saturated carbocycles. The molecular formula is C9H12Si. The van der Waals surface area contributed by atoms with E-state index in [1.165, 1.54) is 12.1 Å². The first-order valence-corrected chi connectivity index (χ1v) is 6.72. The Morgan fingerprint density at radius 1 is 1.10 bits per heavy atom. The van der Waals surface area contributed by atoms with E-state index in [2.05, 4.69) is 30.8 Å². The largest absolute Gasteiger partial charge is 0.0715 e. The van der Waals surface area contributed by atoms with Crippen molar-refractivity contribution in [2.24, 2.45) is 0 Å². The minimum Gasteiger partial charge on any atom is -0.0715 e. The molecule has 0 unspecified atom stereocenters.